The van der Waals surface area contributed by atoms with Crippen LogP contribution < -0.4 is 5.32 Å². The molecule has 2 heteroatoms. The molecule has 0 aliphatic heterocycles. The lowest BCUT2D eigenvalue weighted by Gasteiger charge is -2.40. The monoisotopic (exact) mass is 239 g/mol. The molecule has 4 unspecified atom stereocenters. The molecule has 0 bridgehead atoms. The summed E-state index contributed by atoms with van der Waals surface area (Å²) in [7, 11) is 0. The van der Waals surface area contributed by atoms with Crippen molar-refractivity contribution in [2.45, 2.75) is 83.4 Å². The quantitative estimate of drug-likeness (QED) is 0.793. The second-order valence-electron chi connectivity index (χ2n) is 6.42. The van der Waals surface area contributed by atoms with Crippen LogP contribution in [0.25, 0.3) is 0 Å². The molecule has 0 radical (unpaired) electrons. The second-order valence-corrected chi connectivity index (χ2v) is 6.42. The molecule has 2 nitrogen and oxygen atoms in total. The van der Waals surface area contributed by atoms with Gasteiger partial charge in [0.1, 0.15) is 0 Å². The Hall–Kier alpha value is -0.0800. The summed E-state index contributed by atoms with van der Waals surface area (Å²) in [6.07, 6.45) is 10.0. The minimum absolute atomic E-state index is 0.0986. The van der Waals surface area contributed by atoms with Crippen LogP contribution >= 0.6 is 0 Å². The molecule has 0 saturated heterocycles. The summed E-state index contributed by atoms with van der Waals surface area (Å²) in [5, 5.41) is 13.9. The van der Waals surface area contributed by atoms with Crippen molar-refractivity contribution < 1.29 is 5.11 Å². The van der Waals surface area contributed by atoms with Crippen molar-refractivity contribution >= 4 is 0 Å². The van der Waals surface area contributed by atoms with Crippen molar-refractivity contribution in [3.63, 3.8) is 0 Å². The normalized spacial score (nSPS) is 39.5. The van der Waals surface area contributed by atoms with Crippen molar-refractivity contribution in [1.29, 1.82) is 0 Å². The summed E-state index contributed by atoms with van der Waals surface area (Å²) in [5.74, 6) is 1.59. The van der Waals surface area contributed by atoms with E-state index in [0.29, 0.717) is 12.1 Å². The molecule has 2 aliphatic carbocycles. The summed E-state index contributed by atoms with van der Waals surface area (Å²) in [6, 6.07) is 1.02. The van der Waals surface area contributed by atoms with Gasteiger partial charge in [-0.2, -0.15) is 0 Å². The van der Waals surface area contributed by atoms with E-state index in [1.807, 2.05) is 0 Å². The minimum atomic E-state index is -0.0986. The molecule has 2 N–H and O–H groups in total. The highest BCUT2D eigenvalue weighted by Gasteiger charge is 2.31. The van der Waals surface area contributed by atoms with E-state index in [-0.39, 0.29) is 6.10 Å². The number of aliphatic hydroxyl groups is 1. The molecule has 0 heterocycles. The molecule has 2 fully saturated rings. The van der Waals surface area contributed by atoms with E-state index in [2.05, 4.69) is 19.2 Å². The van der Waals surface area contributed by atoms with E-state index in [0.717, 1.165) is 18.3 Å². The zero-order valence-corrected chi connectivity index (χ0v) is 11.5. The molecule has 0 aromatic rings. The van der Waals surface area contributed by atoms with Crippen LogP contribution in [0.15, 0.2) is 0 Å². The van der Waals surface area contributed by atoms with Gasteiger partial charge in [-0.15, -0.1) is 0 Å². The lowest BCUT2D eigenvalue weighted by Crippen LogP contribution is -2.51. The van der Waals surface area contributed by atoms with Gasteiger partial charge >= 0.3 is 0 Å². The zero-order valence-electron chi connectivity index (χ0n) is 11.5. The summed E-state index contributed by atoms with van der Waals surface area (Å²) in [6.45, 7) is 4.70. The molecule has 0 amide bonds. The first-order valence-electron chi connectivity index (χ1n) is 7.62. The number of aliphatic hydroxyl groups excluding tert-OH is 1. The van der Waals surface area contributed by atoms with Crippen molar-refractivity contribution in [2.24, 2.45) is 11.8 Å². The third kappa shape index (κ3) is 3.45. The van der Waals surface area contributed by atoms with Gasteiger partial charge in [-0.1, -0.05) is 39.5 Å². The van der Waals surface area contributed by atoms with Gasteiger partial charge in [0.25, 0.3) is 0 Å². The van der Waals surface area contributed by atoms with Crippen LogP contribution in [0.3, 0.4) is 0 Å². The van der Waals surface area contributed by atoms with Crippen LogP contribution in [0.5, 0.6) is 0 Å². The van der Waals surface area contributed by atoms with E-state index in [4.69, 9.17) is 0 Å². The lowest BCUT2D eigenvalue weighted by molar-refractivity contribution is 0.0694. The fourth-order valence-electron chi connectivity index (χ4n) is 3.75. The molecule has 100 valence electrons. The van der Waals surface area contributed by atoms with E-state index < -0.39 is 0 Å². The van der Waals surface area contributed by atoms with E-state index in [1.54, 1.807) is 0 Å². The summed E-state index contributed by atoms with van der Waals surface area (Å²) >= 11 is 0. The number of nitrogens with one attached hydrogen (secondary N) is 1. The van der Waals surface area contributed by atoms with Gasteiger partial charge in [-0.05, 0) is 37.5 Å². The Balaban J connectivity index is 1.90. The first-order valence-corrected chi connectivity index (χ1v) is 7.62. The molecular weight excluding hydrogens is 210 g/mol. The average molecular weight is 239 g/mol. The molecule has 2 aliphatic rings. The van der Waals surface area contributed by atoms with Gasteiger partial charge in [-0.3, -0.25) is 0 Å². The zero-order chi connectivity index (χ0) is 12.3. The highest BCUT2D eigenvalue weighted by Crippen LogP contribution is 2.31. The van der Waals surface area contributed by atoms with Gasteiger partial charge in [-0.25, -0.2) is 0 Å². The third-order valence-corrected chi connectivity index (χ3v) is 4.83. The number of hydrogen-bond donors (Lipinski definition) is 2. The molecule has 2 rings (SSSR count). The Morgan fingerprint density at radius 2 is 1.47 bits per heavy atom. The average Bonchev–Trinajstić information content (AvgIpc) is 2.32. The molecular formula is C15H29NO. The number of rotatable bonds is 3. The predicted molar refractivity (Wildman–Crippen MR) is 72.0 cm³/mol. The Morgan fingerprint density at radius 3 is 2.12 bits per heavy atom. The van der Waals surface area contributed by atoms with Crippen LogP contribution in [0.1, 0.15) is 65.2 Å². The highest BCUT2D eigenvalue weighted by atomic mass is 16.3. The van der Waals surface area contributed by atoms with Crippen LogP contribution in [0.4, 0.5) is 0 Å². The van der Waals surface area contributed by atoms with Gasteiger partial charge in [0.05, 0.1) is 6.10 Å². The topological polar surface area (TPSA) is 32.3 Å². The maximum absolute atomic E-state index is 10.1. The maximum atomic E-state index is 10.1. The van der Waals surface area contributed by atoms with Crippen molar-refractivity contribution in [3.8, 4) is 0 Å². The SMILES string of the molecule is CC(C)C1CCCCC1NC1CCCCC1O. The van der Waals surface area contributed by atoms with Gasteiger partial charge in [0, 0.05) is 12.1 Å². The lowest BCUT2D eigenvalue weighted by atomic mass is 9.77. The molecule has 0 spiro atoms. The minimum Gasteiger partial charge on any atom is -0.392 e. The fraction of sp³-hybridized carbons (Fsp3) is 1.00. The molecule has 2 saturated carbocycles. The summed E-state index contributed by atoms with van der Waals surface area (Å²) in [4.78, 5) is 0. The standard InChI is InChI=1S/C15H29NO/c1-11(2)12-7-3-4-8-13(12)16-14-9-5-6-10-15(14)17/h11-17H,3-10H2,1-2H3. The molecule has 0 aromatic heterocycles. The predicted octanol–water partition coefficient (Wildman–Crippen LogP) is 3.09. The van der Waals surface area contributed by atoms with Gasteiger partial charge < -0.3 is 10.4 Å². The molecule has 4 atom stereocenters. The number of hydrogen-bond acceptors (Lipinski definition) is 2. The Morgan fingerprint density at radius 1 is 0.882 bits per heavy atom. The summed E-state index contributed by atoms with van der Waals surface area (Å²) < 4.78 is 0. The van der Waals surface area contributed by atoms with E-state index in [1.165, 1.54) is 44.9 Å². The van der Waals surface area contributed by atoms with Gasteiger partial charge in [0.15, 0.2) is 0 Å². The van der Waals surface area contributed by atoms with Gasteiger partial charge in [0.2, 0.25) is 0 Å². The molecule has 0 aromatic carbocycles. The fourth-order valence-corrected chi connectivity index (χ4v) is 3.75. The van der Waals surface area contributed by atoms with E-state index >= 15 is 0 Å². The van der Waals surface area contributed by atoms with Crippen LogP contribution in [0, 0.1) is 11.8 Å². The van der Waals surface area contributed by atoms with E-state index in [9.17, 15) is 5.11 Å². The van der Waals surface area contributed by atoms with Crippen molar-refractivity contribution in [3.05, 3.63) is 0 Å². The van der Waals surface area contributed by atoms with Crippen molar-refractivity contribution in [1.82, 2.24) is 5.32 Å². The Labute approximate surface area is 106 Å². The maximum Gasteiger partial charge on any atom is 0.0693 e. The third-order valence-electron chi connectivity index (χ3n) is 4.83. The van der Waals surface area contributed by atoms with Crippen LogP contribution in [-0.2, 0) is 0 Å². The first kappa shape index (κ1) is 13.4. The van der Waals surface area contributed by atoms with Crippen LogP contribution in [-0.4, -0.2) is 23.3 Å². The van der Waals surface area contributed by atoms with Crippen molar-refractivity contribution in [2.75, 3.05) is 0 Å². The molecule has 17 heavy (non-hydrogen) atoms. The Kier molecular flexibility index (Phi) is 4.87. The summed E-state index contributed by atoms with van der Waals surface area (Å²) in [5.41, 5.74) is 0. The smallest absolute Gasteiger partial charge is 0.0693 e. The van der Waals surface area contributed by atoms with Crippen LogP contribution in [0.2, 0.25) is 0 Å². The Bertz CT molecular complexity index is 229. The highest BCUT2D eigenvalue weighted by molar-refractivity contribution is 4.89. The first-order chi connectivity index (χ1) is 8.18. The second kappa shape index (κ2) is 6.19. The largest absolute Gasteiger partial charge is 0.392 e.